The number of rotatable bonds is 4. The quantitative estimate of drug-likeness (QED) is 0.851. The van der Waals surface area contributed by atoms with E-state index in [0.717, 1.165) is 30.0 Å². The number of hydrogen-bond acceptors (Lipinski definition) is 3. The highest BCUT2D eigenvalue weighted by Crippen LogP contribution is 2.30. The standard InChI is InChI=1S/C15H25N3/c1-4-16-14-6-5-7-15(18-14)17-13-9-8-11(2)10-12(13)3/h5-7,11-13H,4,8-10H2,1-3H3,(H2,16,17,18). The summed E-state index contributed by atoms with van der Waals surface area (Å²) in [6.45, 7) is 7.71. The summed E-state index contributed by atoms with van der Waals surface area (Å²) in [6, 6.07) is 6.71. The first-order valence-electron chi connectivity index (χ1n) is 7.16. The topological polar surface area (TPSA) is 37.0 Å². The molecule has 1 fully saturated rings. The Labute approximate surface area is 110 Å². The normalized spacial score (nSPS) is 27.8. The molecule has 0 saturated heterocycles. The average Bonchev–Trinajstić information content (AvgIpc) is 2.34. The van der Waals surface area contributed by atoms with Gasteiger partial charge in [0.2, 0.25) is 0 Å². The van der Waals surface area contributed by atoms with E-state index in [1.54, 1.807) is 0 Å². The fraction of sp³-hybridized carbons (Fsp3) is 0.667. The molecule has 0 radical (unpaired) electrons. The monoisotopic (exact) mass is 247 g/mol. The van der Waals surface area contributed by atoms with Gasteiger partial charge in [-0.15, -0.1) is 0 Å². The van der Waals surface area contributed by atoms with Crippen molar-refractivity contribution in [3.8, 4) is 0 Å². The van der Waals surface area contributed by atoms with Gasteiger partial charge in [0, 0.05) is 12.6 Å². The van der Waals surface area contributed by atoms with Crippen LogP contribution in [0.1, 0.15) is 40.0 Å². The minimum atomic E-state index is 0.575. The molecule has 3 nitrogen and oxygen atoms in total. The molecule has 0 spiro atoms. The van der Waals surface area contributed by atoms with Crippen molar-refractivity contribution in [1.29, 1.82) is 0 Å². The van der Waals surface area contributed by atoms with Crippen molar-refractivity contribution in [2.45, 2.75) is 46.1 Å². The van der Waals surface area contributed by atoms with Gasteiger partial charge in [-0.25, -0.2) is 4.98 Å². The first kappa shape index (κ1) is 13.2. The lowest BCUT2D eigenvalue weighted by Crippen LogP contribution is -2.33. The molecule has 2 rings (SSSR count). The summed E-state index contributed by atoms with van der Waals surface area (Å²) < 4.78 is 0. The van der Waals surface area contributed by atoms with Crippen LogP contribution in [0.4, 0.5) is 11.6 Å². The predicted octanol–water partition coefficient (Wildman–Crippen LogP) is 3.75. The third kappa shape index (κ3) is 3.37. The maximum Gasteiger partial charge on any atom is 0.128 e. The van der Waals surface area contributed by atoms with Crippen LogP contribution in [-0.4, -0.2) is 17.6 Å². The number of hydrogen-bond donors (Lipinski definition) is 2. The van der Waals surface area contributed by atoms with Gasteiger partial charge in [0.15, 0.2) is 0 Å². The number of nitrogens with zero attached hydrogens (tertiary/aromatic N) is 1. The van der Waals surface area contributed by atoms with E-state index in [1.807, 2.05) is 6.07 Å². The van der Waals surface area contributed by atoms with Crippen LogP contribution in [-0.2, 0) is 0 Å². The molecule has 0 aliphatic heterocycles. The summed E-state index contributed by atoms with van der Waals surface area (Å²) in [5, 5.41) is 6.85. The number of aromatic nitrogens is 1. The fourth-order valence-corrected chi connectivity index (χ4v) is 2.86. The van der Waals surface area contributed by atoms with Crippen molar-refractivity contribution in [2.75, 3.05) is 17.2 Å². The highest BCUT2D eigenvalue weighted by atomic mass is 15.1. The van der Waals surface area contributed by atoms with Gasteiger partial charge in [-0.3, -0.25) is 0 Å². The number of nitrogens with one attached hydrogen (secondary N) is 2. The second kappa shape index (κ2) is 6.07. The van der Waals surface area contributed by atoms with Crippen molar-refractivity contribution in [2.24, 2.45) is 11.8 Å². The Morgan fingerprint density at radius 1 is 1.22 bits per heavy atom. The van der Waals surface area contributed by atoms with E-state index in [2.05, 4.69) is 48.5 Å². The molecular weight excluding hydrogens is 222 g/mol. The van der Waals surface area contributed by atoms with Gasteiger partial charge in [-0.1, -0.05) is 19.9 Å². The maximum absolute atomic E-state index is 4.59. The second-order valence-corrected chi connectivity index (χ2v) is 5.58. The Balaban J connectivity index is 1.98. The largest absolute Gasteiger partial charge is 0.370 e. The first-order valence-corrected chi connectivity index (χ1v) is 7.16. The minimum absolute atomic E-state index is 0.575. The van der Waals surface area contributed by atoms with Crippen molar-refractivity contribution < 1.29 is 0 Å². The Bertz CT molecular complexity index is 378. The summed E-state index contributed by atoms with van der Waals surface area (Å²) in [5.74, 6) is 3.57. The molecule has 1 aromatic rings. The molecular formula is C15H25N3. The Morgan fingerprint density at radius 3 is 2.72 bits per heavy atom. The van der Waals surface area contributed by atoms with Crippen molar-refractivity contribution in [3.05, 3.63) is 18.2 Å². The first-order chi connectivity index (χ1) is 8.69. The van der Waals surface area contributed by atoms with Crippen LogP contribution >= 0.6 is 0 Å². The van der Waals surface area contributed by atoms with E-state index in [-0.39, 0.29) is 0 Å². The lowest BCUT2D eigenvalue weighted by atomic mass is 9.80. The molecule has 1 saturated carbocycles. The molecule has 1 aliphatic rings. The molecule has 1 aromatic heterocycles. The fourth-order valence-electron chi connectivity index (χ4n) is 2.86. The third-order valence-electron chi connectivity index (χ3n) is 3.87. The van der Waals surface area contributed by atoms with Crippen molar-refractivity contribution >= 4 is 11.6 Å². The SMILES string of the molecule is CCNc1cccc(NC2CCC(C)CC2C)n1. The lowest BCUT2D eigenvalue weighted by Gasteiger charge is -2.33. The zero-order valence-electron chi connectivity index (χ0n) is 11.7. The Morgan fingerprint density at radius 2 is 2.00 bits per heavy atom. The van der Waals surface area contributed by atoms with Crippen LogP contribution in [0.15, 0.2) is 18.2 Å². The van der Waals surface area contributed by atoms with E-state index < -0.39 is 0 Å². The smallest absolute Gasteiger partial charge is 0.128 e. The van der Waals surface area contributed by atoms with Gasteiger partial charge in [0.1, 0.15) is 11.6 Å². The lowest BCUT2D eigenvalue weighted by molar-refractivity contribution is 0.276. The molecule has 100 valence electrons. The van der Waals surface area contributed by atoms with Crippen LogP contribution in [0.25, 0.3) is 0 Å². The molecule has 3 heteroatoms. The van der Waals surface area contributed by atoms with Crippen molar-refractivity contribution in [3.63, 3.8) is 0 Å². The van der Waals surface area contributed by atoms with Crippen LogP contribution in [0, 0.1) is 11.8 Å². The van der Waals surface area contributed by atoms with Crippen LogP contribution in [0.2, 0.25) is 0 Å². The highest BCUT2D eigenvalue weighted by molar-refractivity contribution is 5.45. The summed E-state index contributed by atoms with van der Waals surface area (Å²) in [4.78, 5) is 4.59. The molecule has 0 aromatic carbocycles. The Kier molecular flexibility index (Phi) is 4.45. The van der Waals surface area contributed by atoms with Crippen molar-refractivity contribution in [1.82, 2.24) is 4.98 Å². The van der Waals surface area contributed by atoms with Crippen LogP contribution in [0.3, 0.4) is 0 Å². The van der Waals surface area contributed by atoms with Gasteiger partial charge < -0.3 is 10.6 Å². The summed E-state index contributed by atoms with van der Waals surface area (Å²) in [5.41, 5.74) is 0. The minimum Gasteiger partial charge on any atom is -0.370 e. The van der Waals surface area contributed by atoms with Gasteiger partial charge in [-0.05, 0) is 50.2 Å². The van der Waals surface area contributed by atoms with Gasteiger partial charge in [0.05, 0.1) is 0 Å². The zero-order chi connectivity index (χ0) is 13.0. The maximum atomic E-state index is 4.59. The predicted molar refractivity (Wildman–Crippen MR) is 78.0 cm³/mol. The molecule has 0 bridgehead atoms. The summed E-state index contributed by atoms with van der Waals surface area (Å²) in [7, 11) is 0. The summed E-state index contributed by atoms with van der Waals surface area (Å²) in [6.07, 6.45) is 3.91. The average molecular weight is 247 g/mol. The zero-order valence-corrected chi connectivity index (χ0v) is 11.7. The van der Waals surface area contributed by atoms with Gasteiger partial charge in [-0.2, -0.15) is 0 Å². The third-order valence-corrected chi connectivity index (χ3v) is 3.87. The molecule has 3 atom stereocenters. The molecule has 18 heavy (non-hydrogen) atoms. The van der Waals surface area contributed by atoms with Gasteiger partial charge in [0.25, 0.3) is 0 Å². The molecule has 2 N–H and O–H groups in total. The molecule has 3 unspecified atom stereocenters. The van der Waals surface area contributed by atoms with Crippen LogP contribution in [0.5, 0.6) is 0 Å². The highest BCUT2D eigenvalue weighted by Gasteiger charge is 2.25. The molecule has 1 heterocycles. The van der Waals surface area contributed by atoms with E-state index in [9.17, 15) is 0 Å². The van der Waals surface area contributed by atoms with Crippen LogP contribution < -0.4 is 10.6 Å². The Hall–Kier alpha value is -1.25. The van der Waals surface area contributed by atoms with E-state index >= 15 is 0 Å². The van der Waals surface area contributed by atoms with E-state index in [0.29, 0.717) is 6.04 Å². The van der Waals surface area contributed by atoms with E-state index in [4.69, 9.17) is 0 Å². The molecule has 0 amide bonds. The summed E-state index contributed by atoms with van der Waals surface area (Å²) >= 11 is 0. The number of anilines is 2. The molecule has 1 aliphatic carbocycles. The number of pyridine rings is 1. The van der Waals surface area contributed by atoms with E-state index in [1.165, 1.54) is 19.3 Å². The second-order valence-electron chi connectivity index (χ2n) is 5.58. The van der Waals surface area contributed by atoms with Gasteiger partial charge >= 0.3 is 0 Å².